The zero-order valence-corrected chi connectivity index (χ0v) is 23.9. The molecule has 5 aromatic rings. The van der Waals surface area contributed by atoms with Gasteiger partial charge < -0.3 is 19.5 Å². The van der Waals surface area contributed by atoms with Gasteiger partial charge in [-0.05, 0) is 78.9 Å². The Labute approximate surface area is 253 Å². The number of thioether (sulfide) groups is 1. The molecule has 0 aliphatic heterocycles. The van der Waals surface area contributed by atoms with Gasteiger partial charge >= 0.3 is 6.36 Å². The van der Waals surface area contributed by atoms with Crippen LogP contribution in [0.1, 0.15) is 0 Å². The monoisotopic (exact) mass is 626 g/mol. The number of aromatic nitrogens is 3. The average Bonchev–Trinajstić information content (AvgIpc) is 3.41. The first-order chi connectivity index (χ1) is 20.7. The maximum atomic E-state index is 12.7. The smallest absolute Gasteiger partial charge is 0.496 e. The first kappa shape index (κ1) is 29.8. The lowest BCUT2D eigenvalue weighted by Crippen LogP contribution is -2.17. The number of rotatable bonds is 10. The molecule has 0 aliphatic rings. The molecular formula is C30H22ClF3N4O4S. The van der Waals surface area contributed by atoms with E-state index < -0.39 is 18.0 Å². The van der Waals surface area contributed by atoms with Crippen LogP contribution in [-0.2, 0) is 4.79 Å². The standard InChI is InChI=1S/C30H22ClF3N4O4S/c1-40-26-16-7-19(31)17-25(26)28-36-37-29(38(28)21-10-14-23(15-11-21)41-22-5-3-2-4-6-22)43-18-27(39)35-20-8-12-24(13-9-20)42-30(32,33)34/h2-17H,18H2,1H3,(H,35,39). The largest absolute Gasteiger partial charge is 0.573 e. The predicted molar refractivity (Wildman–Crippen MR) is 157 cm³/mol. The van der Waals surface area contributed by atoms with Crippen LogP contribution in [0.5, 0.6) is 23.0 Å². The second-order valence-electron chi connectivity index (χ2n) is 8.80. The summed E-state index contributed by atoms with van der Waals surface area (Å²) in [6.07, 6.45) is -4.81. The maximum Gasteiger partial charge on any atom is 0.573 e. The Morgan fingerprint density at radius 2 is 1.58 bits per heavy atom. The summed E-state index contributed by atoms with van der Waals surface area (Å²) in [5, 5.41) is 12.2. The van der Waals surface area contributed by atoms with Gasteiger partial charge in [0.25, 0.3) is 0 Å². The minimum Gasteiger partial charge on any atom is -0.496 e. The van der Waals surface area contributed by atoms with Crippen LogP contribution in [0.4, 0.5) is 18.9 Å². The van der Waals surface area contributed by atoms with Gasteiger partial charge in [-0.25, -0.2) is 0 Å². The van der Waals surface area contributed by atoms with Crippen LogP contribution in [0.15, 0.2) is 102 Å². The fraction of sp³-hybridized carbons (Fsp3) is 0.100. The number of ether oxygens (including phenoxy) is 3. The van der Waals surface area contributed by atoms with E-state index in [2.05, 4.69) is 20.3 Å². The number of amides is 1. The van der Waals surface area contributed by atoms with Crippen molar-refractivity contribution in [2.24, 2.45) is 0 Å². The summed E-state index contributed by atoms with van der Waals surface area (Å²) in [5.41, 5.74) is 1.58. The highest BCUT2D eigenvalue weighted by atomic mass is 35.5. The van der Waals surface area contributed by atoms with Crippen molar-refractivity contribution in [2.45, 2.75) is 11.5 Å². The number of alkyl halides is 3. The highest BCUT2D eigenvalue weighted by molar-refractivity contribution is 7.99. The zero-order chi connectivity index (χ0) is 30.4. The normalized spacial score (nSPS) is 11.2. The van der Waals surface area contributed by atoms with E-state index in [9.17, 15) is 18.0 Å². The molecule has 1 amide bonds. The number of hydrogen-bond donors (Lipinski definition) is 1. The van der Waals surface area contributed by atoms with Gasteiger partial charge in [-0.15, -0.1) is 23.4 Å². The number of methoxy groups -OCH3 is 1. The van der Waals surface area contributed by atoms with Crippen LogP contribution < -0.4 is 19.5 Å². The fourth-order valence-electron chi connectivity index (χ4n) is 3.98. The molecule has 1 N–H and O–H groups in total. The molecule has 0 bridgehead atoms. The molecular weight excluding hydrogens is 605 g/mol. The van der Waals surface area contributed by atoms with Gasteiger partial charge in [-0.2, -0.15) is 0 Å². The third-order valence-electron chi connectivity index (χ3n) is 5.81. The lowest BCUT2D eigenvalue weighted by molar-refractivity contribution is -0.274. The molecule has 0 saturated heterocycles. The Kier molecular flexibility index (Phi) is 9.07. The van der Waals surface area contributed by atoms with Crippen molar-refractivity contribution in [3.8, 4) is 40.1 Å². The van der Waals surface area contributed by atoms with E-state index in [0.717, 1.165) is 23.9 Å². The van der Waals surface area contributed by atoms with Crippen molar-refractivity contribution in [3.05, 3.63) is 102 Å². The van der Waals surface area contributed by atoms with E-state index in [1.165, 1.54) is 19.2 Å². The van der Waals surface area contributed by atoms with Crippen LogP contribution in [-0.4, -0.2) is 39.9 Å². The lowest BCUT2D eigenvalue weighted by atomic mass is 10.2. The molecule has 13 heteroatoms. The van der Waals surface area contributed by atoms with Crippen LogP contribution in [0.3, 0.4) is 0 Å². The van der Waals surface area contributed by atoms with Crippen LogP contribution in [0, 0.1) is 0 Å². The van der Waals surface area contributed by atoms with E-state index in [1.54, 1.807) is 34.9 Å². The Bertz CT molecular complexity index is 1700. The van der Waals surface area contributed by atoms with Crippen LogP contribution >= 0.6 is 23.4 Å². The molecule has 0 saturated carbocycles. The molecule has 220 valence electrons. The number of anilines is 1. The average molecular weight is 627 g/mol. The van der Waals surface area contributed by atoms with Gasteiger partial charge in [0.05, 0.1) is 24.1 Å². The number of nitrogens with zero attached hydrogens (tertiary/aromatic N) is 3. The van der Waals surface area contributed by atoms with Crippen molar-refractivity contribution < 1.29 is 32.2 Å². The summed E-state index contributed by atoms with van der Waals surface area (Å²) in [6, 6.07) is 26.6. The maximum absolute atomic E-state index is 12.7. The number of carbonyl (C=O) groups is 1. The van der Waals surface area contributed by atoms with Crippen molar-refractivity contribution in [2.75, 3.05) is 18.2 Å². The minimum absolute atomic E-state index is 0.0686. The lowest BCUT2D eigenvalue weighted by Gasteiger charge is -2.14. The summed E-state index contributed by atoms with van der Waals surface area (Å²) >= 11 is 7.42. The predicted octanol–water partition coefficient (Wildman–Crippen LogP) is 8.02. The number of para-hydroxylation sites is 1. The molecule has 0 unspecified atom stereocenters. The Balaban J connectivity index is 1.38. The van der Waals surface area contributed by atoms with Gasteiger partial charge in [-0.3, -0.25) is 9.36 Å². The molecule has 5 rings (SSSR count). The molecule has 0 spiro atoms. The first-order valence-electron chi connectivity index (χ1n) is 12.6. The fourth-order valence-corrected chi connectivity index (χ4v) is 4.90. The Hall–Kier alpha value is -4.68. The van der Waals surface area contributed by atoms with E-state index in [1.807, 2.05) is 42.5 Å². The minimum atomic E-state index is -4.81. The summed E-state index contributed by atoms with van der Waals surface area (Å²) in [5.74, 6) is 1.39. The van der Waals surface area contributed by atoms with E-state index in [4.69, 9.17) is 21.1 Å². The van der Waals surface area contributed by atoms with Crippen molar-refractivity contribution in [3.63, 3.8) is 0 Å². The topological polar surface area (TPSA) is 87.5 Å². The number of nitrogens with one attached hydrogen (secondary N) is 1. The zero-order valence-electron chi connectivity index (χ0n) is 22.3. The van der Waals surface area contributed by atoms with E-state index >= 15 is 0 Å². The van der Waals surface area contributed by atoms with Gasteiger partial charge in [0.15, 0.2) is 11.0 Å². The molecule has 0 radical (unpaired) electrons. The molecule has 8 nitrogen and oxygen atoms in total. The number of benzene rings is 4. The van der Waals surface area contributed by atoms with E-state index in [0.29, 0.717) is 50.2 Å². The third-order valence-corrected chi connectivity index (χ3v) is 6.98. The number of carbonyl (C=O) groups excluding carboxylic acids is 1. The SMILES string of the molecule is COc1ccc(Cl)cc1-c1nnc(SCC(=O)Nc2ccc(OC(F)(F)F)cc2)n1-c1ccc(Oc2ccccc2)cc1. The second kappa shape index (κ2) is 13.1. The van der Waals surface area contributed by atoms with Crippen molar-refractivity contribution >= 4 is 35.0 Å². The van der Waals surface area contributed by atoms with Crippen LogP contribution in [0.25, 0.3) is 17.1 Å². The molecule has 43 heavy (non-hydrogen) atoms. The summed E-state index contributed by atoms with van der Waals surface area (Å²) in [6.45, 7) is 0. The second-order valence-corrected chi connectivity index (χ2v) is 10.2. The number of halogens is 4. The highest BCUT2D eigenvalue weighted by Crippen LogP contribution is 2.36. The molecule has 4 aromatic carbocycles. The van der Waals surface area contributed by atoms with Gasteiger partial charge in [0.1, 0.15) is 23.0 Å². The van der Waals surface area contributed by atoms with Crippen molar-refractivity contribution in [1.82, 2.24) is 14.8 Å². The highest BCUT2D eigenvalue weighted by Gasteiger charge is 2.31. The number of hydrogen-bond acceptors (Lipinski definition) is 7. The molecule has 0 atom stereocenters. The summed E-state index contributed by atoms with van der Waals surface area (Å²) in [4.78, 5) is 12.7. The van der Waals surface area contributed by atoms with Gasteiger partial charge in [-0.1, -0.05) is 41.6 Å². The molecule has 1 heterocycles. The van der Waals surface area contributed by atoms with E-state index in [-0.39, 0.29) is 5.75 Å². The third kappa shape index (κ3) is 7.79. The summed E-state index contributed by atoms with van der Waals surface area (Å²) < 4.78 is 54.3. The Morgan fingerprint density at radius 3 is 2.26 bits per heavy atom. The quantitative estimate of drug-likeness (QED) is 0.157. The van der Waals surface area contributed by atoms with Gasteiger partial charge in [0.2, 0.25) is 5.91 Å². The first-order valence-corrected chi connectivity index (χ1v) is 14.0. The molecule has 0 aliphatic carbocycles. The molecule has 1 aromatic heterocycles. The van der Waals surface area contributed by atoms with Crippen molar-refractivity contribution in [1.29, 1.82) is 0 Å². The summed E-state index contributed by atoms with van der Waals surface area (Å²) in [7, 11) is 1.53. The molecule has 0 fully saturated rings. The van der Waals surface area contributed by atoms with Crippen LogP contribution in [0.2, 0.25) is 5.02 Å². The van der Waals surface area contributed by atoms with Gasteiger partial charge in [0, 0.05) is 10.7 Å². The Morgan fingerprint density at radius 1 is 0.907 bits per heavy atom.